The second-order valence-corrected chi connectivity index (χ2v) is 23.7. The first-order valence-electron chi connectivity index (χ1n) is 16.2. The average Bonchev–Trinajstić information content (AvgIpc) is 3.50. The molecule has 0 spiro atoms. The van der Waals surface area contributed by atoms with Gasteiger partial charge in [0.1, 0.15) is 5.58 Å². The maximum absolute atomic E-state index is 6.18. The van der Waals surface area contributed by atoms with E-state index in [9.17, 15) is 0 Å². The molecule has 0 amide bonds. The zero-order valence-corrected chi connectivity index (χ0v) is 32.5. The Kier molecular flexibility index (Phi) is 10.4. The quantitative estimate of drug-likeness (QED) is 0.128. The first kappa shape index (κ1) is 34.3. The van der Waals surface area contributed by atoms with Crippen LogP contribution in [0.1, 0.15) is 5.56 Å². The van der Waals surface area contributed by atoms with Crippen LogP contribution in [0, 0.1) is 19.1 Å². The normalized spacial score (nSPS) is 11.1. The molecule has 0 saturated carbocycles. The Morgan fingerprint density at radius 2 is 1.29 bits per heavy atom. The maximum Gasteiger partial charge on any atom is 0 e. The summed E-state index contributed by atoms with van der Waals surface area (Å²) in [6, 6.07) is 52.2. The van der Waals surface area contributed by atoms with Gasteiger partial charge in [-0.2, -0.15) is 0 Å². The summed E-state index contributed by atoms with van der Waals surface area (Å²) in [5.41, 5.74) is 11.5. The van der Waals surface area contributed by atoms with Crippen LogP contribution in [-0.2, 0) is 20.1 Å². The van der Waals surface area contributed by atoms with Gasteiger partial charge in [0.15, 0.2) is 0 Å². The average molecular weight is 874 g/mol. The van der Waals surface area contributed by atoms with Crippen LogP contribution >= 0.6 is 0 Å². The van der Waals surface area contributed by atoms with Crippen molar-refractivity contribution in [2.24, 2.45) is 0 Å². The van der Waals surface area contributed by atoms with E-state index in [1.807, 2.05) is 67.0 Å². The minimum absolute atomic E-state index is 0. The van der Waals surface area contributed by atoms with Crippen molar-refractivity contribution in [2.75, 3.05) is 0 Å². The minimum Gasteiger partial charge on any atom is 0 e. The van der Waals surface area contributed by atoms with E-state index in [2.05, 4.69) is 120 Å². The molecule has 0 fully saturated rings. The second-order valence-electron chi connectivity index (χ2n) is 13.0. The van der Waals surface area contributed by atoms with Crippen LogP contribution in [0.2, 0.25) is 17.3 Å². The van der Waals surface area contributed by atoms with Gasteiger partial charge in [-0.05, 0) is 46.3 Å². The molecule has 0 atom stereocenters. The molecule has 0 saturated heterocycles. The number of furan rings is 1. The third-order valence-corrected chi connectivity index (χ3v) is 12.9. The SMILES string of the molecule is Cc1cc(-c2[c-]cc3c(c2)oc2ccc(-c4ccccc4)cc23)ncc1-c1ccccc1.[CH3][Ge]([CH3])([CH3])[c]1ccc(-c2[c-]cccc2)nc1.[Ir]. The zero-order chi connectivity index (χ0) is 33.1. The van der Waals surface area contributed by atoms with Gasteiger partial charge in [-0.15, -0.1) is 17.7 Å². The Morgan fingerprint density at radius 1 is 0.571 bits per heavy atom. The summed E-state index contributed by atoms with van der Waals surface area (Å²) in [4.78, 5) is 9.26. The number of hydrogen-bond acceptors (Lipinski definition) is 3. The fourth-order valence-electron chi connectivity index (χ4n) is 5.85. The molecule has 5 aromatic carbocycles. The Morgan fingerprint density at radius 3 is 1.94 bits per heavy atom. The van der Waals surface area contributed by atoms with Gasteiger partial charge < -0.3 is 9.40 Å². The Balaban J connectivity index is 0.000000208. The van der Waals surface area contributed by atoms with Gasteiger partial charge in [-0.1, -0.05) is 90.3 Å². The smallest absolute Gasteiger partial charge is 0 e. The molecule has 3 aromatic heterocycles. The number of hydrogen-bond donors (Lipinski definition) is 0. The summed E-state index contributed by atoms with van der Waals surface area (Å²) >= 11 is -1.72. The zero-order valence-electron chi connectivity index (χ0n) is 28.0. The third-order valence-electron chi connectivity index (χ3n) is 8.60. The molecule has 0 aliphatic carbocycles. The Bertz CT molecular complexity index is 2310. The maximum atomic E-state index is 6.18. The van der Waals surface area contributed by atoms with Crippen molar-refractivity contribution in [3.8, 4) is 44.8 Å². The molecule has 0 N–H and O–H groups in total. The van der Waals surface area contributed by atoms with Crippen LogP contribution in [0.5, 0.6) is 0 Å². The number of aromatic nitrogens is 2. The first-order chi connectivity index (χ1) is 23.3. The van der Waals surface area contributed by atoms with E-state index in [-0.39, 0.29) is 20.1 Å². The number of pyridine rings is 2. The first-order valence-corrected chi connectivity index (χ1v) is 23.6. The molecular formula is C44H36GeIrN2O-2. The third kappa shape index (κ3) is 7.68. The van der Waals surface area contributed by atoms with Gasteiger partial charge in [0.2, 0.25) is 0 Å². The summed E-state index contributed by atoms with van der Waals surface area (Å²) in [6.07, 6.45) is 3.99. The van der Waals surface area contributed by atoms with Crippen molar-refractivity contribution in [1.82, 2.24) is 9.97 Å². The van der Waals surface area contributed by atoms with Crippen molar-refractivity contribution >= 4 is 39.6 Å². The molecule has 0 aliphatic rings. The Labute approximate surface area is 304 Å². The van der Waals surface area contributed by atoms with Crippen LogP contribution in [0.15, 0.2) is 150 Å². The van der Waals surface area contributed by atoms with Crippen LogP contribution in [-0.4, -0.2) is 23.2 Å². The second kappa shape index (κ2) is 14.9. The molecule has 0 unspecified atom stereocenters. The van der Waals surface area contributed by atoms with Gasteiger partial charge in [-0.3, -0.25) is 0 Å². The number of rotatable bonds is 5. The molecule has 243 valence electrons. The van der Waals surface area contributed by atoms with Gasteiger partial charge in [-0.25, -0.2) is 0 Å². The van der Waals surface area contributed by atoms with E-state index >= 15 is 0 Å². The van der Waals surface area contributed by atoms with Gasteiger partial charge in [0.25, 0.3) is 0 Å². The van der Waals surface area contributed by atoms with E-state index in [1.165, 1.54) is 26.6 Å². The summed E-state index contributed by atoms with van der Waals surface area (Å²) < 4.78 is 7.63. The Hall–Kier alpha value is -4.61. The fourth-order valence-corrected chi connectivity index (χ4v) is 8.02. The molecule has 49 heavy (non-hydrogen) atoms. The predicted molar refractivity (Wildman–Crippen MR) is 203 cm³/mol. The van der Waals surface area contributed by atoms with Crippen LogP contribution < -0.4 is 4.40 Å². The molecule has 3 heterocycles. The standard InChI is InChI=1S/C30H20NO.C14H16GeN.Ir/c1-20-16-28(31-19-27(20)22-10-6-3-7-11-22)24-12-14-25-26-17-23(21-8-4-2-5-9-21)13-15-29(26)32-30(25)18-24;1-15(2,3)13-9-10-14(16-11-13)12-7-5-4-6-8-12;/h2-11,13-19H,1H3;4-7,9-11H,1-3H3;/q2*-1;. The number of fused-ring (bicyclic) bond motifs is 3. The van der Waals surface area contributed by atoms with E-state index in [1.54, 1.807) is 0 Å². The molecule has 0 aliphatic heterocycles. The number of nitrogens with zero attached hydrogens (tertiary/aromatic N) is 2. The summed E-state index contributed by atoms with van der Waals surface area (Å²) in [7, 11) is 0. The number of aryl methyl sites for hydroxylation is 1. The predicted octanol–water partition coefficient (Wildman–Crippen LogP) is 11.2. The van der Waals surface area contributed by atoms with E-state index in [0.717, 1.165) is 50.0 Å². The van der Waals surface area contributed by atoms with Crippen LogP contribution in [0.25, 0.3) is 66.7 Å². The molecule has 3 nitrogen and oxygen atoms in total. The number of benzene rings is 5. The van der Waals surface area contributed by atoms with E-state index < -0.39 is 13.3 Å². The fraction of sp³-hybridized carbons (Fsp3) is 0.0909. The van der Waals surface area contributed by atoms with Crippen molar-refractivity contribution in [3.05, 3.63) is 164 Å². The van der Waals surface area contributed by atoms with Crippen LogP contribution in [0.4, 0.5) is 0 Å². The molecule has 8 rings (SSSR count). The summed E-state index contributed by atoms with van der Waals surface area (Å²) in [6.45, 7) is 2.12. The van der Waals surface area contributed by atoms with Gasteiger partial charge in [0, 0.05) is 31.9 Å². The van der Waals surface area contributed by atoms with Crippen molar-refractivity contribution in [1.29, 1.82) is 0 Å². The van der Waals surface area contributed by atoms with Gasteiger partial charge in [0.05, 0.1) is 5.58 Å². The van der Waals surface area contributed by atoms with E-state index in [0.29, 0.717) is 0 Å². The van der Waals surface area contributed by atoms with Crippen molar-refractivity contribution in [3.63, 3.8) is 0 Å². The summed E-state index contributed by atoms with van der Waals surface area (Å²) in [5, 5.41) is 2.17. The molecule has 0 bridgehead atoms. The molecule has 5 heteroatoms. The van der Waals surface area contributed by atoms with E-state index in [4.69, 9.17) is 9.40 Å². The molecule has 8 aromatic rings. The largest absolute Gasteiger partial charge is 0 e. The molecule has 1 radical (unpaired) electrons. The van der Waals surface area contributed by atoms with Crippen LogP contribution in [0.3, 0.4) is 0 Å². The molecular weight excluding hydrogens is 837 g/mol. The van der Waals surface area contributed by atoms with Crippen molar-refractivity contribution in [2.45, 2.75) is 24.2 Å². The topological polar surface area (TPSA) is 38.9 Å². The van der Waals surface area contributed by atoms with Gasteiger partial charge >= 0.3 is 99.8 Å². The summed E-state index contributed by atoms with van der Waals surface area (Å²) in [5.74, 6) is 7.14. The van der Waals surface area contributed by atoms with Crippen molar-refractivity contribution < 1.29 is 24.5 Å². The minimum atomic E-state index is -1.72. The monoisotopic (exact) mass is 875 g/mol.